The maximum Gasteiger partial charge on any atom is 0.256 e. The molecule has 2 aromatic heterocycles. The second kappa shape index (κ2) is 9.40. The number of anilines is 1. The number of nitrogens with zero attached hydrogens (tertiary/aromatic N) is 4. The Labute approximate surface area is 190 Å². The fourth-order valence-electron chi connectivity index (χ4n) is 4.52. The number of fused-ring (bicyclic) bond motifs is 1. The lowest BCUT2D eigenvalue weighted by atomic mass is 10.1. The Balaban J connectivity index is 1.25. The molecule has 5 rings (SSSR count). The number of aromatic nitrogens is 4. The molecular weight excluding hydrogens is 436 g/mol. The van der Waals surface area contributed by atoms with Gasteiger partial charge in [-0.1, -0.05) is 12.8 Å². The van der Waals surface area contributed by atoms with Gasteiger partial charge in [0.15, 0.2) is 23.2 Å². The summed E-state index contributed by atoms with van der Waals surface area (Å²) in [6, 6.07) is 0.502. The summed E-state index contributed by atoms with van der Waals surface area (Å²) in [5.74, 6) is 0.598. The van der Waals surface area contributed by atoms with Gasteiger partial charge in [0.05, 0.1) is 19.0 Å². The van der Waals surface area contributed by atoms with Crippen LogP contribution in [0.15, 0.2) is 12.7 Å². The zero-order valence-corrected chi connectivity index (χ0v) is 18.4. The Morgan fingerprint density at radius 3 is 2.78 bits per heavy atom. The molecular formula is C20H28N6O5S. The van der Waals surface area contributed by atoms with E-state index in [1.54, 1.807) is 4.57 Å². The summed E-state index contributed by atoms with van der Waals surface area (Å²) < 4.78 is 18.6. The Hall–Kier alpha value is -2.12. The molecule has 3 fully saturated rings. The lowest BCUT2D eigenvalue weighted by molar-refractivity contribution is -0.0492. The van der Waals surface area contributed by atoms with E-state index in [4.69, 9.17) is 26.4 Å². The van der Waals surface area contributed by atoms with Gasteiger partial charge in [0, 0.05) is 12.6 Å². The number of rotatable bonds is 6. The van der Waals surface area contributed by atoms with Gasteiger partial charge >= 0.3 is 0 Å². The summed E-state index contributed by atoms with van der Waals surface area (Å²) in [5.41, 5.74) is 1.06. The van der Waals surface area contributed by atoms with Gasteiger partial charge in [-0.15, -0.1) is 0 Å². The average Bonchev–Trinajstić information content (AvgIpc) is 3.58. The van der Waals surface area contributed by atoms with Crippen molar-refractivity contribution in [2.45, 2.75) is 68.7 Å². The van der Waals surface area contributed by atoms with Crippen molar-refractivity contribution in [3.05, 3.63) is 12.7 Å². The van der Waals surface area contributed by atoms with E-state index in [0.717, 1.165) is 19.3 Å². The summed E-state index contributed by atoms with van der Waals surface area (Å²) in [6.07, 6.45) is 4.47. The number of hydrogen-bond acceptors (Lipinski definition) is 10. The number of imidazole rings is 1. The molecule has 1 aliphatic carbocycles. The molecule has 12 heteroatoms. The zero-order chi connectivity index (χ0) is 22.1. The maximum absolute atomic E-state index is 10.7. The van der Waals surface area contributed by atoms with Crippen LogP contribution < -0.4 is 10.6 Å². The largest absolute Gasteiger partial charge is 0.468 e. The predicted octanol–water partition coefficient (Wildman–Crippen LogP) is 0.480. The Morgan fingerprint density at radius 1 is 1.16 bits per heavy atom. The zero-order valence-electron chi connectivity index (χ0n) is 17.6. The van der Waals surface area contributed by atoms with Gasteiger partial charge in [0.1, 0.15) is 31.2 Å². The lowest BCUT2D eigenvalue weighted by Gasteiger charge is -2.18. The number of hydrogen-bond donors (Lipinski definition) is 4. The Bertz CT molecular complexity index is 948. The second-order valence-electron chi connectivity index (χ2n) is 8.52. The van der Waals surface area contributed by atoms with Crippen molar-refractivity contribution in [2.24, 2.45) is 0 Å². The molecule has 0 spiro atoms. The molecule has 5 atom stereocenters. The quantitative estimate of drug-likeness (QED) is 0.444. The molecule has 32 heavy (non-hydrogen) atoms. The molecule has 11 nitrogen and oxygen atoms in total. The first kappa shape index (κ1) is 21.7. The highest BCUT2D eigenvalue weighted by Crippen LogP contribution is 2.32. The smallest absolute Gasteiger partial charge is 0.256 e. The van der Waals surface area contributed by atoms with Crippen molar-refractivity contribution in [3.8, 4) is 0 Å². The molecule has 4 unspecified atom stereocenters. The van der Waals surface area contributed by atoms with Crippen molar-refractivity contribution in [3.63, 3.8) is 0 Å². The van der Waals surface area contributed by atoms with Crippen molar-refractivity contribution >= 4 is 34.4 Å². The van der Waals surface area contributed by atoms with Gasteiger partial charge in [-0.3, -0.25) is 4.57 Å². The third-order valence-corrected chi connectivity index (χ3v) is 6.53. The number of ether oxygens (including phenoxy) is 3. The Kier molecular flexibility index (Phi) is 6.37. The van der Waals surface area contributed by atoms with Gasteiger partial charge in [-0.25, -0.2) is 15.0 Å². The first-order chi connectivity index (χ1) is 15.6. The van der Waals surface area contributed by atoms with Crippen molar-refractivity contribution in [2.75, 3.05) is 25.1 Å². The minimum absolute atomic E-state index is 0.0311. The second-order valence-corrected chi connectivity index (χ2v) is 8.89. The van der Waals surface area contributed by atoms with Crippen LogP contribution in [0.5, 0.6) is 0 Å². The average molecular weight is 465 g/mol. The van der Waals surface area contributed by atoms with Gasteiger partial charge in [-0.05, 0) is 31.5 Å². The highest BCUT2D eigenvalue weighted by molar-refractivity contribution is 7.80. The summed E-state index contributed by atoms with van der Waals surface area (Å²) in [4.78, 5) is 13.0. The van der Waals surface area contributed by atoms with Crippen molar-refractivity contribution in [1.29, 1.82) is 0 Å². The molecule has 2 aromatic rings. The standard InChI is InChI=1S/C20H28N6O5S/c27-15-13(8-30-20(32)25-11-3-1-2-4-11)31-19(16(15)28)26-10-23-14-17(21-9-22-18(14)26)24-12-5-6-29-7-12/h9-13,15-16,19,27-28H,1-8H2,(H,25,32)(H,21,22,24)/t12-,13?,15?,16?,19?/m1/s1. The summed E-state index contributed by atoms with van der Waals surface area (Å²) in [5, 5.41) is 28.0. The van der Waals surface area contributed by atoms with E-state index in [1.165, 1.54) is 25.5 Å². The van der Waals surface area contributed by atoms with Crippen LogP contribution in [-0.4, -0.2) is 85.1 Å². The van der Waals surface area contributed by atoms with Gasteiger partial charge in [-0.2, -0.15) is 0 Å². The van der Waals surface area contributed by atoms with E-state index in [2.05, 4.69) is 25.6 Å². The molecule has 4 N–H and O–H groups in total. The van der Waals surface area contributed by atoms with E-state index in [9.17, 15) is 10.2 Å². The summed E-state index contributed by atoms with van der Waals surface area (Å²) in [7, 11) is 0. The van der Waals surface area contributed by atoms with E-state index >= 15 is 0 Å². The SMILES string of the molecule is OC1C(COC(=S)NC2CCCC2)OC(n2cnc3c(N[C@@H]4CCOC4)ncnc32)C1O. The molecule has 174 valence electrons. The van der Waals surface area contributed by atoms with Crippen LogP contribution >= 0.6 is 12.2 Å². The summed E-state index contributed by atoms with van der Waals surface area (Å²) >= 11 is 5.26. The molecule has 0 bridgehead atoms. The number of nitrogens with one attached hydrogen (secondary N) is 2. The lowest BCUT2D eigenvalue weighted by Crippen LogP contribution is -2.38. The molecule has 2 aliphatic heterocycles. The molecule has 2 saturated heterocycles. The first-order valence-corrected chi connectivity index (χ1v) is 11.5. The van der Waals surface area contributed by atoms with Crippen molar-refractivity contribution < 1.29 is 24.4 Å². The topological polar surface area (TPSA) is 136 Å². The maximum atomic E-state index is 10.7. The van der Waals surface area contributed by atoms with Crippen LogP contribution in [0.1, 0.15) is 38.3 Å². The molecule has 0 amide bonds. The highest BCUT2D eigenvalue weighted by atomic mass is 32.1. The van der Waals surface area contributed by atoms with Crippen LogP contribution in [0.25, 0.3) is 11.2 Å². The first-order valence-electron chi connectivity index (χ1n) is 11.1. The van der Waals surface area contributed by atoms with Crippen molar-refractivity contribution in [1.82, 2.24) is 24.8 Å². The number of aliphatic hydroxyl groups excluding tert-OH is 2. The normalized spacial score (nSPS) is 30.8. The minimum Gasteiger partial charge on any atom is -0.468 e. The fourth-order valence-corrected chi connectivity index (χ4v) is 4.75. The van der Waals surface area contributed by atoms with E-state index in [1.807, 2.05) is 0 Å². The molecule has 4 heterocycles. The molecule has 3 aliphatic rings. The fraction of sp³-hybridized carbons (Fsp3) is 0.700. The number of aliphatic hydroxyl groups is 2. The molecule has 1 saturated carbocycles. The van der Waals surface area contributed by atoms with Gasteiger partial charge in [0.25, 0.3) is 5.17 Å². The molecule has 0 radical (unpaired) electrons. The monoisotopic (exact) mass is 464 g/mol. The highest BCUT2D eigenvalue weighted by Gasteiger charge is 2.45. The number of thiocarbonyl (C=S) groups is 1. The molecule has 0 aromatic carbocycles. The van der Waals surface area contributed by atoms with Crippen LogP contribution in [0.3, 0.4) is 0 Å². The van der Waals surface area contributed by atoms with E-state index in [-0.39, 0.29) is 17.8 Å². The third kappa shape index (κ3) is 4.37. The van der Waals surface area contributed by atoms with Crippen LogP contribution in [0.4, 0.5) is 5.82 Å². The Morgan fingerprint density at radius 2 is 2.00 bits per heavy atom. The third-order valence-electron chi connectivity index (χ3n) is 6.30. The van der Waals surface area contributed by atoms with Crippen LogP contribution in [-0.2, 0) is 14.2 Å². The van der Waals surface area contributed by atoms with Crippen LogP contribution in [0, 0.1) is 0 Å². The van der Waals surface area contributed by atoms with E-state index in [0.29, 0.717) is 36.2 Å². The van der Waals surface area contributed by atoms with Gasteiger partial charge < -0.3 is 35.1 Å². The predicted molar refractivity (Wildman–Crippen MR) is 118 cm³/mol. The minimum atomic E-state index is -1.17. The van der Waals surface area contributed by atoms with E-state index < -0.39 is 24.5 Å². The summed E-state index contributed by atoms with van der Waals surface area (Å²) in [6.45, 7) is 1.36. The van der Waals surface area contributed by atoms with Crippen LogP contribution in [0.2, 0.25) is 0 Å². The van der Waals surface area contributed by atoms with Gasteiger partial charge in [0.2, 0.25) is 0 Å².